The van der Waals surface area contributed by atoms with Gasteiger partial charge in [-0.25, -0.2) is 12.7 Å². The summed E-state index contributed by atoms with van der Waals surface area (Å²) in [4.78, 5) is 0.187. The summed E-state index contributed by atoms with van der Waals surface area (Å²) in [5.41, 5.74) is 0.962. The monoisotopic (exact) mass is 296 g/mol. The molecule has 0 spiro atoms. The maximum atomic E-state index is 12.0. The Balaban J connectivity index is 1.82. The highest BCUT2D eigenvalue weighted by Crippen LogP contribution is 2.41. The summed E-state index contributed by atoms with van der Waals surface area (Å²) in [6.07, 6.45) is 6.82. The first kappa shape index (κ1) is 13.3. The highest BCUT2D eigenvalue weighted by atomic mass is 32.2. The summed E-state index contributed by atoms with van der Waals surface area (Å²) < 4.78 is 32.0. The molecule has 1 aliphatic carbocycles. The van der Waals surface area contributed by atoms with Gasteiger partial charge in [0.2, 0.25) is 10.0 Å². The van der Waals surface area contributed by atoms with Crippen LogP contribution in [0.25, 0.3) is 0 Å². The first-order chi connectivity index (χ1) is 9.48. The van der Waals surface area contributed by atoms with E-state index in [1.54, 1.807) is 10.9 Å². The summed E-state index contributed by atoms with van der Waals surface area (Å²) in [7, 11) is -0.442. The van der Waals surface area contributed by atoms with E-state index in [0.29, 0.717) is 12.5 Å². The minimum absolute atomic E-state index is 0.187. The van der Waals surface area contributed by atoms with Crippen LogP contribution in [0.5, 0.6) is 0 Å². The predicted octanol–water partition coefficient (Wildman–Crippen LogP) is 1.05. The summed E-state index contributed by atoms with van der Waals surface area (Å²) >= 11 is 0. The van der Waals surface area contributed by atoms with Crippen molar-refractivity contribution in [2.75, 3.05) is 14.1 Å². The Kier molecular flexibility index (Phi) is 3.14. The molecule has 0 amide bonds. The molecule has 1 aliphatic rings. The summed E-state index contributed by atoms with van der Waals surface area (Å²) in [5, 5.41) is 7.92. The molecule has 0 aliphatic heterocycles. The molecule has 108 valence electrons. The molecule has 0 aromatic carbocycles. The van der Waals surface area contributed by atoms with Gasteiger partial charge < -0.3 is 4.52 Å². The number of sulfonamides is 1. The average molecular weight is 296 g/mol. The number of aromatic nitrogens is 3. The van der Waals surface area contributed by atoms with Crippen LogP contribution in [-0.4, -0.2) is 41.8 Å². The van der Waals surface area contributed by atoms with Crippen molar-refractivity contribution in [2.45, 2.75) is 30.2 Å². The Bertz CT molecular complexity index is 713. The maximum absolute atomic E-state index is 12.0. The third kappa shape index (κ3) is 2.36. The van der Waals surface area contributed by atoms with Crippen molar-refractivity contribution in [3.05, 3.63) is 29.9 Å². The molecule has 8 heteroatoms. The summed E-state index contributed by atoms with van der Waals surface area (Å²) in [6.45, 7) is 0.471. The lowest BCUT2D eigenvalue weighted by molar-refractivity contribution is 0.382. The molecular weight excluding hydrogens is 280 g/mol. The lowest BCUT2D eigenvalue weighted by Gasteiger charge is -2.08. The normalized spacial score (nSPS) is 15.9. The molecule has 0 N–H and O–H groups in total. The van der Waals surface area contributed by atoms with E-state index >= 15 is 0 Å². The Morgan fingerprint density at radius 3 is 2.80 bits per heavy atom. The Morgan fingerprint density at radius 2 is 2.15 bits per heavy atom. The van der Waals surface area contributed by atoms with Crippen molar-refractivity contribution in [3.8, 4) is 0 Å². The van der Waals surface area contributed by atoms with Crippen LogP contribution in [0, 0.1) is 0 Å². The zero-order valence-corrected chi connectivity index (χ0v) is 12.2. The van der Waals surface area contributed by atoms with E-state index in [2.05, 4.69) is 10.3 Å². The van der Waals surface area contributed by atoms with Gasteiger partial charge in [0, 0.05) is 31.8 Å². The van der Waals surface area contributed by atoms with Gasteiger partial charge in [-0.05, 0) is 12.8 Å². The van der Waals surface area contributed by atoms with Crippen LogP contribution in [0.3, 0.4) is 0 Å². The Morgan fingerprint density at radius 1 is 1.40 bits per heavy atom. The molecule has 2 heterocycles. The van der Waals surface area contributed by atoms with Crippen molar-refractivity contribution < 1.29 is 12.9 Å². The van der Waals surface area contributed by atoms with Gasteiger partial charge in [0.15, 0.2) is 0 Å². The molecule has 1 saturated carbocycles. The van der Waals surface area contributed by atoms with E-state index in [1.165, 1.54) is 30.8 Å². The molecule has 0 radical (unpaired) electrons. The molecule has 20 heavy (non-hydrogen) atoms. The number of hydrogen-bond acceptors (Lipinski definition) is 5. The van der Waals surface area contributed by atoms with Crippen molar-refractivity contribution in [1.29, 1.82) is 0 Å². The van der Waals surface area contributed by atoms with Gasteiger partial charge in [-0.2, -0.15) is 5.10 Å². The van der Waals surface area contributed by atoms with E-state index in [-0.39, 0.29) is 4.90 Å². The minimum atomic E-state index is -3.44. The van der Waals surface area contributed by atoms with Crippen LogP contribution in [-0.2, 0) is 16.6 Å². The molecule has 1 fully saturated rings. The average Bonchev–Trinajstić information content (AvgIpc) is 2.95. The number of rotatable bonds is 5. The quantitative estimate of drug-likeness (QED) is 0.823. The lowest BCUT2D eigenvalue weighted by atomic mass is 10.2. The minimum Gasteiger partial charge on any atom is -0.361 e. The van der Waals surface area contributed by atoms with Crippen molar-refractivity contribution in [2.24, 2.45) is 0 Å². The molecule has 0 bridgehead atoms. The third-order valence-corrected chi connectivity index (χ3v) is 5.11. The van der Waals surface area contributed by atoms with Crippen LogP contribution in [0.2, 0.25) is 0 Å². The van der Waals surface area contributed by atoms with Crippen molar-refractivity contribution >= 4 is 10.0 Å². The second-order valence-electron chi connectivity index (χ2n) is 5.15. The van der Waals surface area contributed by atoms with Crippen LogP contribution < -0.4 is 0 Å². The smallest absolute Gasteiger partial charge is 0.245 e. The van der Waals surface area contributed by atoms with E-state index < -0.39 is 10.0 Å². The molecule has 0 atom stereocenters. The first-order valence-electron chi connectivity index (χ1n) is 6.37. The van der Waals surface area contributed by atoms with Crippen LogP contribution in [0.1, 0.15) is 30.1 Å². The van der Waals surface area contributed by atoms with Gasteiger partial charge in [-0.15, -0.1) is 0 Å². The number of hydrogen-bond donors (Lipinski definition) is 0. The predicted molar refractivity (Wildman–Crippen MR) is 70.7 cm³/mol. The van der Waals surface area contributed by atoms with E-state index in [0.717, 1.165) is 24.2 Å². The van der Waals surface area contributed by atoms with Gasteiger partial charge >= 0.3 is 0 Å². The third-order valence-electron chi connectivity index (χ3n) is 3.34. The van der Waals surface area contributed by atoms with Gasteiger partial charge in [-0.3, -0.25) is 4.68 Å². The zero-order chi connectivity index (χ0) is 14.3. The van der Waals surface area contributed by atoms with Gasteiger partial charge in [0.05, 0.1) is 18.9 Å². The summed E-state index contributed by atoms with van der Waals surface area (Å²) in [5.74, 6) is 1.37. The van der Waals surface area contributed by atoms with Gasteiger partial charge in [-0.1, -0.05) is 5.16 Å². The molecule has 0 saturated heterocycles. The summed E-state index contributed by atoms with van der Waals surface area (Å²) in [6, 6.07) is 0. The van der Waals surface area contributed by atoms with Crippen molar-refractivity contribution in [1.82, 2.24) is 19.2 Å². The highest BCUT2D eigenvalue weighted by molar-refractivity contribution is 7.89. The zero-order valence-electron chi connectivity index (χ0n) is 11.4. The van der Waals surface area contributed by atoms with Gasteiger partial charge in [0.25, 0.3) is 0 Å². The molecule has 7 nitrogen and oxygen atoms in total. The molecule has 2 aromatic heterocycles. The Labute approximate surface area is 117 Å². The topological polar surface area (TPSA) is 81.2 Å². The molecule has 2 aromatic rings. The standard InChI is InChI=1S/C12H16N4O3S/c1-15(2)20(17,18)11-6-13-16(8-11)7-10-5-14-19-12(10)9-3-4-9/h5-6,8-9H,3-4,7H2,1-2H3. The van der Waals surface area contributed by atoms with E-state index in [9.17, 15) is 8.42 Å². The Hall–Kier alpha value is -1.67. The SMILES string of the molecule is CN(C)S(=O)(=O)c1cnn(Cc2cnoc2C2CC2)c1. The fourth-order valence-corrected chi connectivity index (χ4v) is 2.88. The van der Waals surface area contributed by atoms with Crippen molar-refractivity contribution in [3.63, 3.8) is 0 Å². The second-order valence-corrected chi connectivity index (χ2v) is 7.30. The highest BCUT2D eigenvalue weighted by Gasteiger charge is 2.30. The lowest BCUT2D eigenvalue weighted by Crippen LogP contribution is -2.21. The molecule has 3 rings (SSSR count). The fourth-order valence-electron chi connectivity index (χ4n) is 2.02. The van der Waals surface area contributed by atoms with Crippen LogP contribution in [0.15, 0.2) is 28.0 Å². The maximum Gasteiger partial charge on any atom is 0.245 e. The van der Waals surface area contributed by atoms with Gasteiger partial charge in [0.1, 0.15) is 10.7 Å². The fraction of sp³-hybridized carbons (Fsp3) is 0.500. The van der Waals surface area contributed by atoms with E-state index in [4.69, 9.17) is 4.52 Å². The molecular formula is C12H16N4O3S. The van der Waals surface area contributed by atoms with Crippen LogP contribution in [0.4, 0.5) is 0 Å². The number of nitrogens with zero attached hydrogens (tertiary/aromatic N) is 4. The first-order valence-corrected chi connectivity index (χ1v) is 7.81. The van der Waals surface area contributed by atoms with E-state index in [1.807, 2.05) is 0 Å². The largest absolute Gasteiger partial charge is 0.361 e. The van der Waals surface area contributed by atoms with Crippen LogP contribution >= 0.6 is 0 Å². The molecule has 0 unspecified atom stereocenters. The second kappa shape index (κ2) is 4.71.